The van der Waals surface area contributed by atoms with Gasteiger partial charge in [-0.1, -0.05) is 29.5 Å². The van der Waals surface area contributed by atoms with Gasteiger partial charge in [0, 0.05) is 24.1 Å². The average Bonchev–Trinajstić information content (AvgIpc) is 2.10. The summed E-state index contributed by atoms with van der Waals surface area (Å²) in [6.07, 6.45) is 0. The maximum absolute atomic E-state index is 11.4. The van der Waals surface area contributed by atoms with E-state index in [0.717, 1.165) is 24.1 Å². The lowest BCUT2D eigenvalue weighted by molar-refractivity contribution is 0.282. The third-order valence-electron chi connectivity index (χ3n) is 2.23. The number of rotatable bonds is 2. The highest BCUT2D eigenvalue weighted by molar-refractivity contribution is 14.1. The number of nitrogens with zero attached hydrogens (tertiary/aromatic N) is 1. The fraction of sp³-hybridized carbons (Fsp3) is 1.00. The van der Waals surface area contributed by atoms with Crippen molar-refractivity contribution in [2.45, 2.75) is 6.92 Å². The lowest BCUT2D eigenvalue weighted by atomic mass is 10.2. The normalized spacial score (nSPS) is 29.8. The van der Waals surface area contributed by atoms with E-state index in [1.54, 1.807) is 0 Å². The van der Waals surface area contributed by atoms with Crippen LogP contribution in [0.15, 0.2) is 0 Å². The molecule has 78 valence electrons. The maximum Gasteiger partial charge on any atom is 0.151 e. The van der Waals surface area contributed by atoms with Crippen molar-refractivity contribution < 1.29 is 8.42 Å². The molecular formula is C8H16INO2S. The Balaban J connectivity index is 2.58. The number of sulfone groups is 1. The molecule has 3 nitrogen and oxygen atoms in total. The fourth-order valence-electron chi connectivity index (χ4n) is 1.69. The Hall–Kier alpha value is 0.640. The molecule has 0 aromatic carbocycles. The van der Waals surface area contributed by atoms with Crippen molar-refractivity contribution in [1.82, 2.24) is 4.90 Å². The Morgan fingerprint density at radius 1 is 1.54 bits per heavy atom. The molecule has 1 saturated heterocycles. The molecule has 0 amide bonds. The molecular weight excluding hydrogens is 301 g/mol. The summed E-state index contributed by atoms with van der Waals surface area (Å²) in [5, 5.41) is 0. The molecule has 0 spiro atoms. The van der Waals surface area contributed by atoms with Crippen LogP contribution in [0.1, 0.15) is 6.92 Å². The van der Waals surface area contributed by atoms with E-state index in [0.29, 0.717) is 11.5 Å². The highest BCUT2D eigenvalue weighted by atomic mass is 127. The SMILES string of the molecule is CC1CN(CCI)CCS(=O)(=O)C1. The van der Waals surface area contributed by atoms with Gasteiger partial charge in [-0.25, -0.2) is 8.42 Å². The van der Waals surface area contributed by atoms with E-state index < -0.39 is 9.84 Å². The molecule has 1 rings (SSSR count). The monoisotopic (exact) mass is 317 g/mol. The lowest BCUT2D eigenvalue weighted by Gasteiger charge is -2.19. The summed E-state index contributed by atoms with van der Waals surface area (Å²) < 4.78 is 23.9. The molecule has 1 aliphatic heterocycles. The van der Waals surface area contributed by atoms with Gasteiger partial charge in [-0.05, 0) is 5.92 Å². The number of hydrogen-bond donors (Lipinski definition) is 0. The summed E-state index contributed by atoms with van der Waals surface area (Å²) in [6.45, 7) is 4.68. The van der Waals surface area contributed by atoms with Crippen LogP contribution < -0.4 is 0 Å². The zero-order chi connectivity index (χ0) is 9.90. The number of halogens is 1. The van der Waals surface area contributed by atoms with Crippen LogP contribution in [0, 0.1) is 5.92 Å². The smallest absolute Gasteiger partial charge is 0.151 e. The molecule has 0 N–H and O–H groups in total. The fourth-order valence-corrected chi connectivity index (χ4v) is 4.05. The first-order valence-corrected chi connectivity index (χ1v) is 7.87. The Morgan fingerprint density at radius 2 is 2.23 bits per heavy atom. The zero-order valence-corrected chi connectivity index (χ0v) is 10.8. The van der Waals surface area contributed by atoms with Crippen LogP contribution in [-0.4, -0.2) is 48.9 Å². The van der Waals surface area contributed by atoms with E-state index >= 15 is 0 Å². The summed E-state index contributed by atoms with van der Waals surface area (Å²) in [7, 11) is -2.76. The second kappa shape index (κ2) is 4.93. The van der Waals surface area contributed by atoms with Crippen molar-refractivity contribution in [2.75, 3.05) is 35.6 Å². The van der Waals surface area contributed by atoms with Crippen LogP contribution in [0.2, 0.25) is 0 Å². The zero-order valence-electron chi connectivity index (χ0n) is 7.87. The first kappa shape index (κ1) is 11.7. The third-order valence-corrected chi connectivity index (χ3v) is 4.59. The molecule has 1 aliphatic rings. The maximum atomic E-state index is 11.4. The van der Waals surface area contributed by atoms with Crippen LogP contribution in [0.3, 0.4) is 0 Å². The minimum Gasteiger partial charge on any atom is -0.301 e. The second-order valence-corrected chi connectivity index (χ2v) is 7.02. The van der Waals surface area contributed by atoms with Gasteiger partial charge in [0.1, 0.15) is 0 Å². The summed E-state index contributed by atoms with van der Waals surface area (Å²) in [5.41, 5.74) is 0. The number of alkyl halides is 1. The minimum absolute atomic E-state index is 0.287. The summed E-state index contributed by atoms with van der Waals surface area (Å²) >= 11 is 2.33. The van der Waals surface area contributed by atoms with Crippen molar-refractivity contribution in [3.05, 3.63) is 0 Å². The van der Waals surface area contributed by atoms with Gasteiger partial charge in [-0.3, -0.25) is 0 Å². The quantitative estimate of drug-likeness (QED) is 0.558. The topological polar surface area (TPSA) is 37.4 Å². The molecule has 0 aromatic rings. The average molecular weight is 317 g/mol. The summed E-state index contributed by atoms with van der Waals surface area (Å²) in [4.78, 5) is 2.25. The van der Waals surface area contributed by atoms with Gasteiger partial charge in [-0.2, -0.15) is 0 Å². The van der Waals surface area contributed by atoms with Gasteiger partial charge in [0.15, 0.2) is 9.84 Å². The summed E-state index contributed by atoms with van der Waals surface area (Å²) in [6, 6.07) is 0. The molecule has 5 heteroatoms. The molecule has 0 aromatic heterocycles. The van der Waals surface area contributed by atoms with E-state index in [-0.39, 0.29) is 5.92 Å². The molecule has 13 heavy (non-hydrogen) atoms. The predicted octanol–water partition coefficient (Wildman–Crippen LogP) is 0.788. The Labute approximate surface area is 93.9 Å². The predicted molar refractivity (Wildman–Crippen MR) is 63.1 cm³/mol. The Bertz CT molecular complexity index is 253. The van der Waals surface area contributed by atoms with Crippen LogP contribution in [0.4, 0.5) is 0 Å². The van der Waals surface area contributed by atoms with Gasteiger partial charge in [0.05, 0.1) is 11.5 Å². The van der Waals surface area contributed by atoms with Gasteiger partial charge in [0.2, 0.25) is 0 Å². The Kier molecular flexibility index (Phi) is 4.44. The minimum atomic E-state index is -2.76. The molecule has 0 radical (unpaired) electrons. The highest BCUT2D eigenvalue weighted by Gasteiger charge is 2.23. The van der Waals surface area contributed by atoms with E-state index in [2.05, 4.69) is 27.5 Å². The van der Waals surface area contributed by atoms with Crippen molar-refractivity contribution in [3.63, 3.8) is 0 Å². The first-order valence-electron chi connectivity index (χ1n) is 4.52. The Morgan fingerprint density at radius 3 is 2.85 bits per heavy atom. The molecule has 1 atom stereocenters. The second-order valence-electron chi connectivity index (χ2n) is 3.71. The summed E-state index contributed by atoms with van der Waals surface area (Å²) in [5.74, 6) is 0.995. The van der Waals surface area contributed by atoms with Gasteiger partial charge in [-0.15, -0.1) is 0 Å². The lowest BCUT2D eigenvalue weighted by Crippen LogP contribution is -2.30. The third kappa shape index (κ3) is 4.12. The van der Waals surface area contributed by atoms with Crippen LogP contribution in [0.5, 0.6) is 0 Å². The van der Waals surface area contributed by atoms with E-state index in [1.165, 1.54) is 0 Å². The van der Waals surface area contributed by atoms with E-state index in [1.807, 2.05) is 6.92 Å². The molecule has 0 aliphatic carbocycles. The van der Waals surface area contributed by atoms with Gasteiger partial charge >= 0.3 is 0 Å². The molecule has 0 saturated carbocycles. The van der Waals surface area contributed by atoms with E-state index in [4.69, 9.17) is 0 Å². The molecule has 1 fully saturated rings. The van der Waals surface area contributed by atoms with Crippen molar-refractivity contribution in [3.8, 4) is 0 Å². The first-order chi connectivity index (χ1) is 6.03. The van der Waals surface area contributed by atoms with E-state index in [9.17, 15) is 8.42 Å². The van der Waals surface area contributed by atoms with Crippen LogP contribution >= 0.6 is 22.6 Å². The highest BCUT2D eigenvalue weighted by Crippen LogP contribution is 2.10. The molecule has 0 bridgehead atoms. The van der Waals surface area contributed by atoms with Crippen LogP contribution in [0.25, 0.3) is 0 Å². The van der Waals surface area contributed by atoms with Crippen molar-refractivity contribution in [1.29, 1.82) is 0 Å². The van der Waals surface area contributed by atoms with Crippen molar-refractivity contribution in [2.24, 2.45) is 5.92 Å². The van der Waals surface area contributed by atoms with Gasteiger partial charge < -0.3 is 4.90 Å². The standard InChI is InChI=1S/C8H16INO2S/c1-8-6-10(3-2-9)4-5-13(11,12)7-8/h8H,2-7H2,1H3. The molecule has 1 heterocycles. The van der Waals surface area contributed by atoms with Gasteiger partial charge in [0.25, 0.3) is 0 Å². The van der Waals surface area contributed by atoms with Crippen LogP contribution in [-0.2, 0) is 9.84 Å². The molecule has 1 unspecified atom stereocenters. The largest absolute Gasteiger partial charge is 0.301 e. The number of hydrogen-bond acceptors (Lipinski definition) is 3. The van der Waals surface area contributed by atoms with Crippen molar-refractivity contribution >= 4 is 32.4 Å².